The van der Waals surface area contributed by atoms with Crippen LogP contribution < -0.4 is 4.74 Å². The molecule has 0 bridgehead atoms. The zero-order valence-corrected chi connectivity index (χ0v) is 14.8. The lowest BCUT2D eigenvalue weighted by molar-refractivity contribution is 0.292. The van der Waals surface area contributed by atoms with Crippen LogP contribution in [0.15, 0.2) is 34.8 Å². The fraction of sp³-hybridized carbons (Fsp3) is 0.368. The van der Waals surface area contributed by atoms with Crippen LogP contribution in [0.4, 0.5) is 8.78 Å². The molecule has 0 aromatic heterocycles. The van der Waals surface area contributed by atoms with Crippen molar-refractivity contribution in [2.75, 3.05) is 0 Å². The average molecular weight is 381 g/mol. The van der Waals surface area contributed by atoms with Crippen molar-refractivity contribution in [3.63, 3.8) is 0 Å². The van der Waals surface area contributed by atoms with Gasteiger partial charge in [-0.15, -0.1) is 0 Å². The summed E-state index contributed by atoms with van der Waals surface area (Å²) in [7, 11) is 0. The van der Waals surface area contributed by atoms with Gasteiger partial charge in [-0.3, -0.25) is 0 Å². The maximum absolute atomic E-state index is 13.9. The Morgan fingerprint density at radius 2 is 1.96 bits per heavy atom. The van der Waals surface area contributed by atoms with Crippen LogP contribution in [0, 0.1) is 17.6 Å². The van der Waals surface area contributed by atoms with E-state index in [9.17, 15) is 8.78 Å². The highest BCUT2D eigenvalue weighted by Gasteiger charge is 2.44. The van der Waals surface area contributed by atoms with Crippen molar-refractivity contribution in [2.45, 2.75) is 39.2 Å². The second kappa shape index (κ2) is 6.60. The van der Waals surface area contributed by atoms with Gasteiger partial charge in [-0.2, -0.15) is 0 Å². The fourth-order valence-corrected chi connectivity index (χ4v) is 3.58. The van der Waals surface area contributed by atoms with E-state index < -0.39 is 11.6 Å². The van der Waals surface area contributed by atoms with Gasteiger partial charge in [-0.05, 0) is 76.0 Å². The molecule has 23 heavy (non-hydrogen) atoms. The molecule has 2 atom stereocenters. The summed E-state index contributed by atoms with van der Waals surface area (Å²) < 4.78 is 33.4. The van der Waals surface area contributed by atoms with Crippen molar-refractivity contribution in [3.05, 3.63) is 63.1 Å². The summed E-state index contributed by atoms with van der Waals surface area (Å²) in [5.41, 5.74) is 2.70. The third-order valence-corrected chi connectivity index (χ3v) is 5.05. The Bertz CT molecular complexity index is 730. The molecule has 2 aliphatic carbocycles. The summed E-state index contributed by atoms with van der Waals surface area (Å²) >= 11 is 3.06. The highest BCUT2D eigenvalue weighted by molar-refractivity contribution is 9.10. The second-order valence-electron chi connectivity index (χ2n) is 5.78. The molecule has 0 spiro atoms. The summed E-state index contributed by atoms with van der Waals surface area (Å²) in [5, 5.41) is 0. The van der Waals surface area contributed by atoms with E-state index in [1.54, 1.807) is 0 Å². The smallest absolute Gasteiger partial charge is 0.146 e. The number of hydrogen-bond acceptors (Lipinski definition) is 1. The van der Waals surface area contributed by atoms with E-state index in [-0.39, 0.29) is 16.6 Å². The van der Waals surface area contributed by atoms with Crippen LogP contribution in [0.1, 0.15) is 42.9 Å². The van der Waals surface area contributed by atoms with Crippen LogP contribution in [0.2, 0.25) is 0 Å². The first-order chi connectivity index (χ1) is 11.1. The fourth-order valence-electron chi connectivity index (χ4n) is 3.20. The van der Waals surface area contributed by atoms with Gasteiger partial charge in [0.15, 0.2) is 0 Å². The maximum Gasteiger partial charge on any atom is 0.146 e. The number of benzene rings is 2. The van der Waals surface area contributed by atoms with Gasteiger partial charge >= 0.3 is 0 Å². The maximum atomic E-state index is 13.9. The van der Waals surface area contributed by atoms with Gasteiger partial charge in [0.1, 0.15) is 24.0 Å². The Hall–Kier alpha value is -1.42. The lowest BCUT2D eigenvalue weighted by atomic mass is 10.1. The van der Waals surface area contributed by atoms with E-state index in [4.69, 9.17) is 4.74 Å². The summed E-state index contributed by atoms with van der Waals surface area (Å²) in [6, 6.07) is 8.59. The molecule has 0 amide bonds. The molecule has 1 fully saturated rings. The van der Waals surface area contributed by atoms with E-state index in [0.29, 0.717) is 5.75 Å². The molecule has 1 saturated carbocycles. The highest BCUT2D eigenvalue weighted by Crippen LogP contribution is 2.56. The number of halogens is 3. The van der Waals surface area contributed by atoms with Gasteiger partial charge in [0.2, 0.25) is 0 Å². The van der Waals surface area contributed by atoms with E-state index in [0.717, 1.165) is 18.3 Å². The largest absolute Gasteiger partial charge is 0.489 e. The molecule has 122 valence electrons. The van der Waals surface area contributed by atoms with Crippen LogP contribution in [-0.2, 0) is 13.0 Å². The minimum Gasteiger partial charge on any atom is -0.489 e. The molecule has 2 aliphatic rings. The van der Waals surface area contributed by atoms with Crippen LogP contribution in [0.3, 0.4) is 0 Å². The number of rotatable bonds is 3. The Kier molecular flexibility index (Phi) is 4.72. The topological polar surface area (TPSA) is 9.23 Å². The molecule has 4 heteroatoms. The lowest BCUT2D eigenvalue weighted by Crippen LogP contribution is -2.03. The van der Waals surface area contributed by atoms with Crippen molar-refractivity contribution in [3.8, 4) is 5.75 Å². The van der Waals surface area contributed by atoms with Gasteiger partial charge in [0.25, 0.3) is 0 Å². The first-order valence-electron chi connectivity index (χ1n) is 8.01. The molecule has 2 aromatic rings. The minimum absolute atomic E-state index is 0.0484. The molecule has 0 N–H and O–H groups in total. The molecule has 2 aromatic carbocycles. The molecular formula is C19H19BrF2O. The third-order valence-electron chi connectivity index (χ3n) is 4.44. The first kappa shape index (κ1) is 16.4. The highest BCUT2D eigenvalue weighted by atomic mass is 79.9. The van der Waals surface area contributed by atoms with Crippen LogP contribution in [-0.4, -0.2) is 0 Å². The monoisotopic (exact) mass is 380 g/mol. The Morgan fingerprint density at radius 3 is 2.74 bits per heavy atom. The SMILES string of the molecule is CC.Fc1ccc(Br)c(F)c1COc1ccc2c(c1)CC1CC21. The third kappa shape index (κ3) is 3.14. The number of fused-ring (bicyclic) bond motifs is 3. The first-order valence-corrected chi connectivity index (χ1v) is 8.81. The normalized spacial score (nSPS) is 20.2. The van der Waals surface area contributed by atoms with Gasteiger partial charge in [0, 0.05) is 0 Å². The molecule has 0 heterocycles. The Labute approximate surface area is 143 Å². The zero-order valence-electron chi connectivity index (χ0n) is 13.2. The van der Waals surface area contributed by atoms with E-state index >= 15 is 0 Å². The van der Waals surface area contributed by atoms with Crippen LogP contribution in [0.25, 0.3) is 0 Å². The van der Waals surface area contributed by atoms with Crippen molar-refractivity contribution >= 4 is 15.9 Å². The number of ether oxygens (including phenoxy) is 1. The predicted molar refractivity (Wildman–Crippen MR) is 90.7 cm³/mol. The summed E-state index contributed by atoms with van der Waals surface area (Å²) in [6.45, 7) is 3.89. The van der Waals surface area contributed by atoms with Crippen molar-refractivity contribution < 1.29 is 13.5 Å². The van der Waals surface area contributed by atoms with Gasteiger partial charge in [-0.1, -0.05) is 19.9 Å². The summed E-state index contributed by atoms with van der Waals surface area (Å²) in [5.74, 6) is 1.05. The quantitative estimate of drug-likeness (QED) is 0.594. The summed E-state index contributed by atoms with van der Waals surface area (Å²) in [6.07, 6.45) is 2.42. The molecule has 0 saturated heterocycles. The predicted octanol–water partition coefficient (Wildman–Crippen LogP) is 5.99. The molecule has 1 nitrogen and oxygen atoms in total. The van der Waals surface area contributed by atoms with E-state index in [2.05, 4.69) is 22.0 Å². The lowest BCUT2D eigenvalue weighted by Gasteiger charge is -2.11. The van der Waals surface area contributed by atoms with Crippen LogP contribution >= 0.6 is 15.9 Å². The van der Waals surface area contributed by atoms with Crippen molar-refractivity contribution in [1.29, 1.82) is 0 Å². The van der Waals surface area contributed by atoms with E-state index in [1.165, 1.54) is 29.7 Å². The second-order valence-corrected chi connectivity index (χ2v) is 6.63. The van der Waals surface area contributed by atoms with Crippen LogP contribution in [0.5, 0.6) is 5.75 Å². The minimum atomic E-state index is -0.600. The zero-order chi connectivity index (χ0) is 16.6. The molecule has 0 aliphatic heterocycles. The Morgan fingerprint density at radius 1 is 1.17 bits per heavy atom. The molecule has 0 radical (unpaired) electrons. The molecule has 2 unspecified atom stereocenters. The standard InChI is InChI=1S/C17H13BrF2O.C2H6/c18-15-3-4-16(19)14(17(15)20)8-21-11-1-2-12-9(6-11)5-10-7-13(10)12;1-2/h1-4,6,10,13H,5,7-8H2;1-2H3. The summed E-state index contributed by atoms with van der Waals surface area (Å²) in [4.78, 5) is 0. The average Bonchev–Trinajstić information content (AvgIpc) is 3.24. The van der Waals surface area contributed by atoms with E-state index in [1.807, 2.05) is 26.0 Å². The van der Waals surface area contributed by atoms with Crippen molar-refractivity contribution in [2.24, 2.45) is 5.92 Å². The Balaban J connectivity index is 0.000000753. The molecular weight excluding hydrogens is 362 g/mol. The van der Waals surface area contributed by atoms with Gasteiger partial charge in [0.05, 0.1) is 10.0 Å². The van der Waals surface area contributed by atoms with Crippen molar-refractivity contribution in [1.82, 2.24) is 0 Å². The van der Waals surface area contributed by atoms with Gasteiger partial charge < -0.3 is 4.74 Å². The molecule has 4 rings (SSSR count). The number of hydrogen-bond donors (Lipinski definition) is 0. The van der Waals surface area contributed by atoms with Gasteiger partial charge in [-0.25, -0.2) is 8.78 Å².